The van der Waals surface area contributed by atoms with E-state index in [1.807, 2.05) is 6.92 Å². The first-order valence-corrected chi connectivity index (χ1v) is 5.42. The standard InChI is InChI=1S/C11H21NO4/c1-4-8(7-13)12-9(14)5-11(2,3)6-10(15)16/h8,13H,4-7H2,1-3H3,(H,12,14)(H,15,16)/t8-/m1/s1. The number of carboxylic acids is 1. The van der Waals surface area contributed by atoms with Gasteiger partial charge < -0.3 is 15.5 Å². The maximum Gasteiger partial charge on any atom is 0.303 e. The maximum absolute atomic E-state index is 11.6. The number of carboxylic acid groups (broad SMARTS) is 1. The molecule has 0 bridgehead atoms. The summed E-state index contributed by atoms with van der Waals surface area (Å²) >= 11 is 0. The molecule has 0 aliphatic heterocycles. The lowest BCUT2D eigenvalue weighted by Gasteiger charge is -2.23. The van der Waals surface area contributed by atoms with Crippen molar-refractivity contribution in [3.8, 4) is 0 Å². The average molecular weight is 231 g/mol. The molecule has 0 heterocycles. The van der Waals surface area contributed by atoms with Gasteiger partial charge in [-0.2, -0.15) is 0 Å². The normalized spacial score (nSPS) is 13.2. The lowest BCUT2D eigenvalue weighted by Crippen LogP contribution is -2.39. The maximum atomic E-state index is 11.6. The van der Waals surface area contributed by atoms with Gasteiger partial charge in [0.2, 0.25) is 5.91 Å². The number of hydrogen-bond acceptors (Lipinski definition) is 3. The highest BCUT2D eigenvalue weighted by Gasteiger charge is 2.25. The molecule has 0 saturated carbocycles. The van der Waals surface area contributed by atoms with Crippen LogP contribution in [0.15, 0.2) is 0 Å². The van der Waals surface area contributed by atoms with Crippen molar-refractivity contribution in [1.29, 1.82) is 0 Å². The zero-order chi connectivity index (χ0) is 12.8. The minimum Gasteiger partial charge on any atom is -0.481 e. The summed E-state index contributed by atoms with van der Waals surface area (Å²) in [5.41, 5.74) is -0.566. The molecule has 5 heteroatoms. The first-order valence-electron chi connectivity index (χ1n) is 5.42. The zero-order valence-electron chi connectivity index (χ0n) is 10.1. The smallest absolute Gasteiger partial charge is 0.303 e. The van der Waals surface area contributed by atoms with Gasteiger partial charge in [-0.1, -0.05) is 20.8 Å². The molecule has 0 aromatic heterocycles. The molecule has 3 N–H and O–H groups in total. The summed E-state index contributed by atoms with van der Waals surface area (Å²) in [6, 6.07) is -0.242. The minimum absolute atomic E-state index is 0.0453. The summed E-state index contributed by atoms with van der Waals surface area (Å²) in [6.45, 7) is 5.24. The van der Waals surface area contributed by atoms with Gasteiger partial charge in [0.05, 0.1) is 19.1 Å². The van der Waals surface area contributed by atoms with Crippen LogP contribution < -0.4 is 5.32 Å². The number of carbonyl (C=O) groups is 2. The fourth-order valence-corrected chi connectivity index (χ4v) is 1.46. The van der Waals surface area contributed by atoms with E-state index in [-0.39, 0.29) is 31.4 Å². The second kappa shape index (κ2) is 6.48. The van der Waals surface area contributed by atoms with Crippen LogP contribution in [0, 0.1) is 5.41 Å². The van der Waals surface area contributed by atoms with E-state index in [1.165, 1.54) is 0 Å². The predicted octanol–water partition coefficient (Wildman–Crippen LogP) is 0.764. The molecule has 0 rings (SSSR count). The molecule has 0 aliphatic carbocycles. The Balaban J connectivity index is 4.17. The molecule has 0 aromatic rings. The highest BCUT2D eigenvalue weighted by atomic mass is 16.4. The Hall–Kier alpha value is -1.10. The summed E-state index contributed by atoms with van der Waals surface area (Å²) in [7, 11) is 0. The predicted molar refractivity (Wildman–Crippen MR) is 60.0 cm³/mol. The van der Waals surface area contributed by atoms with Crippen molar-refractivity contribution in [2.24, 2.45) is 5.41 Å². The number of amides is 1. The fraction of sp³-hybridized carbons (Fsp3) is 0.818. The van der Waals surface area contributed by atoms with Crippen molar-refractivity contribution in [2.75, 3.05) is 6.61 Å². The summed E-state index contributed by atoms with van der Waals surface area (Å²) in [5, 5.41) is 20.2. The number of rotatable bonds is 7. The first kappa shape index (κ1) is 14.9. The van der Waals surface area contributed by atoms with E-state index in [0.717, 1.165) is 0 Å². The van der Waals surface area contributed by atoms with E-state index in [2.05, 4.69) is 5.32 Å². The third kappa shape index (κ3) is 6.40. The Morgan fingerprint density at radius 2 is 1.88 bits per heavy atom. The second-order valence-electron chi connectivity index (χ2n) is 4.77. The first-order chi connectivity index (χ1) is 7.30. The topological polar surface area (TPSA) is 86.6 Å². The van der Waals surface area contributed by atoms with Crippen LogP contribution >= 0.6 is 0 Å². The molecule has 5 nitrogen and oxygen atoms in total. The molecule has 0 aromatic carbocycles. The van der Waals surface area contributed by atoms with Crippen LogP contribution in [0.25, 0.3) is 0 Å². The lowest BCUT2D eigenvalue weighted by molar-refractivity contribution is -0.139. The summed E-state index contributed by atoms with van der Waals surface area (Å²) in [5.74, 6) is -1.13. The van der Waals surface area contributed by atoms with E-state index in [1.54, 1.807) is 13.8 Å². The van der Waals surface area contributed by atoms with E-state index in [4.69, 9.17) is 10.2 Å². The molecule has 94 valence electrons. The fourth-order valence-electron chi connectivity index (χ4n) is 1.46. The van der Waals surface area contributed by atoms with Crippen LogP contribution in [0.1, 0.15) is 40.0 Å². The third-order valence-electron chi connectivity index (χ3n) is 2.35. The van der Waals surface area contributed by atoms with Crippen molar-refractivity contribution in [3.05, 3.63) is 0 Å². The molecule has 0 unspecified atom stereocenters. The summed E-state index contributed by atoms with van der Waals surface area (Å²) in [4.78, 5) is 22.1. The number of aliphatic hydroxyl groups excluding tert-OH is 1. The van der Waals surface area contributed by atoms with Crippen LogP contribution in [0.5, 0.6) is 0 Å². The van der Waals surface area contributed by atoms with Gasteiger partial charge in [-0.3, -0.25) is 9.59 Å². The molecule has 0 spiro atoms. The van der Waals surface area contributed by atoms with Gasteiger partial charge in [0.25, 0.3) is 0 Å². The van der Waals surface area contributed by atoms with Gasteiger partial charge in [0.1, 0.15) is 0 Å². The third-order valence-corrected chi connectivity index (χ3v) is 2.35. The lowest BCUT2D eigenvalue weighted by atomic mass is 9.85. The molecule has 0 saturated heterocycles. The van der Waals surface area contributed by atoms with Crippen molar-refractivity contribution >= 4 is 11.9 Å². The largest absolute Gasteiger partial charge is 0.481 e. The monoisotopic (exact) mass is 231 g/mol. The van der Waals surface area contributed by atoms with Gasteiger partial charge in [0, 0.05) is 6.42 Å². The van der Waals surface area contributed by atoms with Gasteiger partial charge >= 0.3 is 5.97 Å². The minimum atomic E-state index is -0.910. The zero-order valence-corrected chi connectivity index (χ0v) is 10.1. The quantitative estimate of drug-likeness (QED) is 0.604. The molecule has 0 aliphatic rings. The van der Waals surface area contributed by atoms with Crippen LogP contribution in [0.3, 0.4) is 0 Å². The Morgan fingerprint density at radius 1 is 1.31 bits per heavy atom. The van der Waals surface area contributed by atoms with Crippen molar-refractivity contribution in [3.63, 3.8) is 0 Å². The van der Waals surface area contributed by atoms with E-state index in [9.17, 15) is 9.59 Å². The SMILES string of the molecule is CC[C@H](CO)NC(=O)CC(C)(C)CC(=O)O. The molecular formula is C11H21NO4. The Labute approximate surface area is 95.9 Å². The Bertz CT molecular complexity index is 246. The molecular weight excluding hydrogens is 210 g/mol. The highest BCUT2D eigenvalue weighted by molar-refractivity contribution is 5.78. The second-order valence-corrected chi connectivity index (χ2v) is 4.77. The van der Waals surface area contributed by atoms with E-state index in [0.29, 0.717) is 6.42 Å². The van der Waals surface area contributed by atoms with Crippen LogP contribution in [-0.2, 0) is 9.59 Å². The molecule has 1 amide bonds. The van der Waals surface area contributed by atoms with Gasteiger partial charge in [-0.05, 0) is 11.8 Å². The Morgan fingerprint density at radius 3 is 2.25 bits per heavy atom. The van der Waals surface area contributed by atoms with Gasteiger partial charge in [-0.15, -0.1) is 0 Å². The molecule has 0 fully saturated rings. The molecule has 1 atom stereocenters. The summed E-state index contributed by atoms with van der Waals surface area (Å²) < 4.78 is 0. The van der Waals surface area contributed by atoms with E-state index >= 15 is 0 Å². The number of aliphatic carboxylic acids is 1. The van der Waals surface area contributed by atoms with E-state index < -0.39 is 11.4 Å². The van der Waals surface area contributed by atoms with Crippen molar-refractivity contribution < 1.29 is 19.8 Å². The van der Waals surface area contributed by atoms with Crippen molar-refractivity contribution in [1.82, 2.24) is 5.32 Å². The Kier molecular flexibility index (Phi) is 6.03. The van der Waals surface area contributed by atoms with Crippen LogP contribution in [0.2, 0.25) is 0 Å². The van der Waals surface area contributed by atoms with Gasteiger partial charge in [-0.25, -0.2) is 0 Å². The number of nitrogens with one attached hydrogen (secondary N) is 1. The number of aliphatic hydroxyl groups is 1. The van der Waals surface area contributed by atoms with Gasteiger partial charge in [0.15, 0.2) is 0 Å². The average Bonchev–Trinajstić information content (AvgIpc) is 2.10. The van der Waals surface area contributed by atoms with Crippen LogP contribution in [-0.4, -0.2) is 34.7 Å². The number of hydrogen-bond donors (Lipinski definition) is 3. The summed E-state index contributed by atoms with van der Waals surface area (Å²) in [6.07, 6.45) is 0.758. The van der Waals surface area contributed by atoms with Crippen LogP contribution in [0.4, 0.5) is 0 Å². The molecule has 16 heavy (non-hydrogen) atoms. The highest BCUT2D eigenvalue weighted by Crippen LogP contribution is 2.24. The van der Waals surface area contributed by atoms with Crippen molar-refractivity contribution in [2.45, 2.75) is 46.1 Å². The number of carbonyl (C=O) groups excluding carboxylic acids is 1. The molecule has 0 radical (unpaired) electrons.